The first-order valence-electron chi connectivity index (χ1n) is 11.4. The van der Waals surface area contributed by atoms with E-state index in [9.17, 15) is 23.1 Å². The summed E-state index contributed by atoms with van der Waals surface area (Å²) in [6.45, 7) is -0.766. The molecule has 1 aliphatic rings. The molecule has 1 saturated carbocycles. The van der Waals surface area contributed by atoms with Gasteiger partial charge in [-0.25, -0.2) is 13.5 Å². The van der Waals surface area contributed by atoms with E-state index in [1.165, 1.54) is 12.1 Å². The summed E-state index contributed by atoms with van der Waals surface area (Å²) >= 11 is 5.96. The molecular weight excluding hydrogens is 532 g/mol. The molecule has 0 radical (unpaired) electrons. The van der Waals surface area contributed by atoms with Crippen molar-refractivity contribution in [1.82, 2.24) is 24.9 Å². The maximum absolute atomic E-state index is 13.9. The van der Waals surface area contributed by atoms with Crippen molar-refractivity contribution in [3.8, 4) is 11.1 Å². The van der Waals surface area contributed by atoms with Gasteiger partial charge in [0.15, 0.2) is 0 Å². The van der Waals surface area contributed by atoms with Gasteiger partial charge in [-0.2, -0.15) is 4.31 Å². The first-order chi connectivity index (χ1) is 18.2. The standard InChI is InChI=1S/C25H21ClN6O5S/c26-19-10-6-16(7-11-19)17-8-12-20(13-9-17)38(36,37)32(15-22(33)27-24-28-30-31-29-24)25(23(34)35)14-21(25)18-4-2-1-3-5-18/h1-13,21H,14-15H2,(H,34,35)(H2,27,28,29,30,31,33). The van der Waals surface area contributed by atoms with E-state index in [-0.39, 0.29) is 17.3 Å². The molecule has 0 spiro atoms. The van der Waals surface area contributed by atoms with E-state index >= 15 is 0 Å². The number of sulfonamides is 1. The van der Waals surface area contributed by atoms with Gasteiger partial charge in [0.1, 0.15) is 5.54 Å². The third kappa shape index (κ3) is 4.76. The third-order valence-corrected chi connectivity index (χ3v) is 8.61. The number of aromatic nitrogens is 4. The van der Waals surface area contributed by atoms with E-state index in [4.69, 9.17) is 11.6 Å². The number of aromatic amines is 1. The molecule has 3 N–H and O–H groups in total. The summed E-state index contributed by atoms with van der Waals surface area (Å²) in [5.41, 5.74) is 0.368. The van der Waals surface area contributed by atoms with Crippen LogP contribution in [0.15, 0.2) is 83.8 Å². The maximum Gasteiger partial charge on any atom is 0.325 e. The molecule has 0 bridgehead atoms. The maximum atomic E-state index is 13.9. The van der Waals surface area contributed by atoms with Crippen molar-refractivity contribution in [2.45, 2.75) is 22.8 Å². The molecule has 0 saturated heterocycles. The summed E-state index contributed by atoms with van der Waals surface area (Å²) in [7, 11) is -4.45. The van der Waals surface area contributed by atoms with E-state index < -0.39 is 39.9 Å². The Kier molecular flexibility index (Phi) is 6.69. The average molecular weight is 553 g/mol. The molecule has 1 amide bonds. The number of benzene rings is 3. The number of nitrogens with zero attached hydrogens (tertiary/aromatic N) is 4. The van der Waals surface area contributed by atoms with Crippen LogP contribution in [-0.4, -0.2) is 62.4 Å². The van der Waals surface area contributed by atoms with Gasteiger partial charge in [-0.05, 0) is 57.8 Å². The Hall–Kier alpha value is -4.13. The fraction of sp³-hybridized carbons (Fsp3) is 0.160. The minimum absolute atomic E-state index is 0.00553. The lowest BCUT2D eigenvalue weighted by atomic mass is 10.1. The molecule has 1 aromatic heterocycles. The summed E-state index contributed by atoms with van der Waals surface area (Å²) in [5, 5.41) is 25.9. The zero-order chi connectivity index (χ0) is 26.9. The molecule has 2 atom stereocenters. The van der Waals surface area contributed by atoms with Crippen LogP contribution in [-0.2, 0) is 19.6 Å². The van der Waals surface area contributed by atoms with E-state index in [1.807, 2.05) is 0 Å². The first-order valence-corrected chi connectivity index (χ1v) is 13.2. The lowest BCUT2D eigenvalue weighted by Crippen LogP contribution is -2.51. The van der Waals surface area contributed by atoms with Crippen LogP contribution in [0.2, 0.25) is 5.02 Å². The minimum atomic E-state index is -4.45. The Morgan fingerprint density at radius 1 is 1.03 bits per heavy atom. The molecule has 38 heavy (non-hydrogen) atoms. The van der Waals surface area contributed by atoms with Crippen molar-refractivity contribution < 1.29 is 23.1 Å². The van der Waals surface area contributed by atoms with Crippen LogP contribution >= 0.6 is 11.6 Å². The van der Waals surface area contributed by atoms with Crippen LogP contribution in [0.25, 0.3) is 11.1 Å². The number of halogens is 1. The summed E-state index contributed by atoms with van der Waals surface area (Å²) in [4.78, 5) is 25.4. The smallest absolute Gasteiger partial charge is 0.325 e. The van der Waals surface area contributed by atoms with Gasteiger partial charge in [0.2, 0.25) is 21.9 Å². The predicted octanol–water partition coefficient (Wildman–Crippen LogP) is 3.16. The van der Waals surface area contributed by atoms with Crippen molar-refractivity contribution in [2.75, 3.05) is 11.9 Å². The lowest BCUT2D eigenvalue weighted by Gasteiger charge is -2.29. The fourth-order valence-electron chi connectivity index (χ4n) is 4.49. The van der Waals surface area contributed by atoms with E-state index in [2.05, 4.69) is 25.9 Å². The van der Waals surface area contributed by atoms with Crippen LogP contribution in [0.1, 0.15) is 17.9 Å². The Morgan fingerprint density at radius 2 is 1.66 bits per heavy atom. The molecule has 1 aliphatic carbocycles. The summed E-state index contributed by atoms with van der Waals surface area (Å²) < 4.78 is 28.7. The Labute approximate surface area is 222 Å². The number of aliphatic carboxylic acids is 1. The number of tetrazole rings is 1. The number of H-pyrrole nitrogens is 1. The van der Waals surface area contributed by atoms with Gasteiger partial charge in [0, 0.05) is 10.9 Å². The topological polar surface area (TPSA) is 158 Å². The number of amides is 1. The summed E-state index contributed by atoms with van der Waals surface area (Å²) in [6.07, 6.45) is 0.00553. The number of nitrogens with one attached hydrogen (secondary N) is 2. The van der Waals surface area contributed by atoms with Crippen LogP contribution in [0, 0.1) is 0 Å². The van der Waals surface area contributed by atoms with Gasteiger partial charge in [-0.3, -0.25) is 14.9 Å². The van der Waals surface area contributed by atoms with Crippen molar-refractivity contribution in [3.05, 3.63) is 89.4 Å². The zero-order valence-electron chi connectivity index (χ0n) is 19.7. The van der Waals surface area contributed by atoms with Gasteiger partial charge in [-0.15, -0.1) is 0 Å². The van der Waals surface area contributed by atoms with Crippen LogP contribution in [0.4, 0.5) is 5.95 Å². The number of hydrogen-bond acceptors (Lipinski definition) is 7. The van der Waals surface area contributed by atoms with E-state index in [0.717, 1.165) is 15.4 Å². The van der Waals surface area contributed by atoms with Crippen LogP contribution in [0.3, 0.4) is 0 Å². The number of carbonyl (C=O) groups excluding carboxylic acids is 1. The predicted molar refractivity (Wildman–Crippen MR) is 138 cm³/mol. The van der Waals surface area contributed by atoms with Crippen molar-refractivity contribution in [3.63, 3.8) is 0 Å². The van der Waals surface area contributed by atoms with Crippen LogP contribution < -0.4 is 5.32 Å². The zero-order valence-corrected chi connectivity index (χ0v) is 21.2. The molecule has 3 aromatic carbocycles. The largest absolute Gasteiger partial charge is 0.480 e. The first kappa shape index (κ1) is 25.5. The highest BCUT2D eigenvalue weighted by molar-refractivity contribution is 7.89. The molecule has 194 valence electrons. The lowest BCUT2D eigenvalue weighted by molar-refractivity contribution is -0.143. The summed E-state index contributed by atoms with van der Waals surface area (Å²) in [6, 6.07) is 21.8. The highest BCUT2D eigenvalue weighted by Gasteiger charge is 2.68. The number of rotatable bonds is 9. The van der Waals surface area contributed by atoms with Gasteiger partial charge in [0.05, 0.1) is 11.4 Å². The second kappa shape index (κ2) is 9.97. The average Bonchev–Trinajstić information content (AvgIpc) is 3.47. The summed E-state index contributed by atoms with van der Waals surface area (Å²) in [5.74, 6) is -2.89. The molecule has 2 unspecified atom stereocenters. The molecule has 4 aromatic rings. The molecule has 1 fully saturated rings. The Balaban J connectivity index is 1.52. The van der Waals surface area contributed by atoms with Gasteiger partial charge in [0.25, 0.3) is 0 Å². The molecule has 1 heterocycles. The molecular formula is C25H21ClN6O5S. The molecule has 0 aliphatic heterocycles. The SMILES string of the molecule is O=C(CN(C1(C(=O)O)CC1c1ccccc1)S(=O)(=O)c1ccc(-c2ccc(Cl)cc2)cc1)Nc1nnn[nH]1. The third-order valence-electron chi connectivity index (χ3n) is 6.46. The number of carboxylic acid groups (broad SMARTS) is 1. The Bertz CT molecular complexity index is 1570. The highest BCUT2D eigenvalue weighted by Crippen LogP contribution is 2.57. The Morgan fingerprint density at radius 3 is 2.24 bits per heavy atom. The minimum Gasteiger partial charge on any atom is -0.480 e. The van der Waals surface area contributed by atoms with E-state index in [1.54, 1.807) is 66.7 Å². The van der Waals surface area contributed by atoms with Crippen LogP contribution in [0.5, 0.6) is 0 Å². The molecule has 13 heteroatoms. The van der Waals surface area contributed by atoms with Gasteiger partial charge in [-0.1, -0.05) is 71.3 Å². The number of carbonyl (C=O) groups is 2. The van der Waals surface area contributed by atoms with E-state index in [0.29, 0.717) is 10.6 Å². The number of carboxylic acids is 1. The highest BCUT2D eigenvalue weighted by atomic mass is 35.5. The number of hydrogen-bond donors (Lipinski definition) is 3. The normalized spacial score (nSPS) is 18.7. The fourth-order valence-corrected chi connectivity index (χ4v) is 6.35. The van der Waals surface area contributed by atoms with Crippen molar-refractivity contribution in [2.24, 2.45) is 0 Å². The second-order valence-electron chi connectivity index (χ2n) is 8.74. The number of anilines is 1. The molecule has 11 nitrogen and oxygen atoms in total. The quantitative estimate of drug-likeness (QED) is 0.285. The molecule has 5 rings (SSSR count). The van der Waals surface area contributed by atoms with Crippen molar-refractivity contribution >= 4 is 39.4 Å². The van der Waals surface area contributed by atoms with Crippen molar-refractivity contribution in [1.29, 1.82) is 0 Å². The monoisotopic (exact) mass is 552 g/mol. The van der Waals surface area contributed by atoms with Gasteiger partial charge >= 0.3 is 5.97 Å². The van der Waals surface area contributed by atoms with Gasteiger partial charge < -0.3 is 5.11 Å². The second-order valence-corrected chi connectivity index (χ2v) is 11.0.